The average Bonchev–Trinajstić information content (AvgIpc) is 2.76. The van der Waals surface area contributed by atoms with Gasteiger partial charge in [-0.05, 0) is 48.9 Å². The Kier molecular flexibility index (Phi) is 7.38. The fourth-order valence-corrected chi connectivity index (χ4v) is 3.21. The molecule has 5 atom stereocenters. The van der Waals surface area contributed by atoms with Gasteiger partial charge in [0.2, 0.25) is 6.29 Å². The van der Waals surface area contributed by atoms with Gasteiger partial charge in [-0.1, -0.05) is 18.2 Å². The van der Waals surface area contributed by atoms with Crippen LogP contribution in [0.25, 0.3) is 0 Å². The first-order valence-corrected chi connectivity index (χ1v) is 9.61. The van der Waals surface area contributed by atoms with E-state index in [-0.39, 0.29) is 5.91 Å². The SMILES string of the molecule is NCCc1cc(OC2OC(CO)C(O)C(O)C2O)ccc1NC(=O)c1ccccc1. The third-order valence-corrected chi connectivity index (χ3v) is 4.88. The number of aliphatic hydroxyl groups is 4. The van der Waals surface area contributed by atoms with Gasteiger partial charge < -0.3 is 41.0 Å². The van der Waals surface area contributed by atoms with Crippen LogP contribution in [0.2, 0.25) is 0 Å². The molecule has 162 valence electrons. The molecule has 9 heteroatoms. The molecule has 7 N–H and O–H groups in total. The third-order valence-electron chi connectivity index (χ3n) is 4.88. The predicted molar refractivity (Wildman–Crippen MR) is 108 cm³/mol. The second-order valence-corrected chi connectivity index (χ2v) is 6.99. The van der Waals surface area contributed by atoms with E-state index in [1.54, 1.807) is 42.5 Å². The molecule has 1 aliphatic heterocycles. The summed E-state index contributed by atoms with van der Waals surface area (Å²) in [6.45, 7) is -0.217. The highest BCUT2D eigenvalue weighted by atomic mass is 16.7. The van der Waals surface area contributed by atoms with Gasteiger partial charge in [0.05, 0.1) is 6.61 Å². The van der Waals surface area contributed by atoms with Crippen molar-refractivity contribution in [1.29, 1.82) is 0 Å². The normalized spacial score (nSPS) is 26.2. The number of hydrogen-bond acceptors (Lipinski definition) is 8. The molecule has 0 spiro atoms. The Labute approximate surface area is 173 Å². The number of nitrogens with one attached hydrogen (secondary N) is 1. The molecule has 0 radical (unpaired) electrons. The second-order valence-electron chi connectivity index (χ2n) is 6.99. The lowest BCUT2D eigenvalue weighted by molar-refractivity contribution is -0.277. The maximum absolute atomic E-state index is 12.4. The van der Waals surface area contributed by atoms with Gasteiger partial charge in [-0.25, -0.2) is 0 Å². The highest BCUT2D eigenvalue weighted by Crippen LogP contribution is 2.28. The molecule has 0 bridgehead atoms. The van der Waals surface area contributed by atoms with Crippen molar-refractivity contribution < 1.29 is 34.7 Å². The molecule has 2 aromatic carbocycles. The first kappa shape index (κ1) is 22.2. The number of rotatable bonds is 7. The van der Waals surface area contributed by atoms with Crippen molar-refractivity contribution in [3.05, 3.63) is 59.7 Å². The molecule has 0 saturated carbocycles. The van der Waals surface area contributed by atoms with E-state index in [0.29, 0.717) is 35.5 Å². The summed E-state index contributed by atoms with van der Waals surface area (Å²) in [4.78, 5) is 12.4. The molecule has 9 nitrogen and oxygen atoms in total. The van der Waals surface area contributed by atoms with Crippen molar-refractivity contribution in [3.63, 3.8) is 0 Å². The van der Waals surface area contributed by atoms with Crippen molar-refractivity contribution in [2.24, 2.45) is 5.73 Å². The summed E-state index contributed by atoms with van der Waals surface area (Å²) in [5, 5.41) is 42.0. The zero-order chi connectivity index (χ0) is 21.7. The highest BCUT2D eigenvalue weighted by molar-refractivity contribution is 6.04. The maximum Gasteiger partial charge on any atom is 0.255 e. The molecule has 30 heavy (non-hydrogen) atoms. The largest absolute Gasteiger partial charge is 0.462 e. The Morgan fingerprint density at radius 3 is 2.47 bits per heavy atom. The summed E-state index contributed by atoms with van der Waals surface area (Å²) in [5.74, 6) is 0.0389. The van der Waals surface area contributed by atoms with Crippen LogP contribution < -0.4 is 15.8 Å². The number of anilines is 1. The van der Waals surface area contributed by atoms with Crippen LogP contribution in [0, 0.1) is 0 Å². The van der Waals surface area contributed by atoms with Crippen LogP contribution in [-0.2, 0) is 11.2 Å². The fraction of sp³-hybridized carbons (Fsp3) is 0.381. The van der Waals surface area contributed by atoms with Crippen molar-refractivity contribution in [1.82, 2.24) is 0 Å². The smallest absolute Gasteiger partial charge is 0.255 e. The molecule has 1 saturated heterocycles. The van der Waals surface area contributed by atoms with Crippen molar-refractivity contribution >= 4 is 11.6 Å². The van der Waals surface area contributed by atoms with Gasteiger partial charge in [-0.15, -0.1) is 0 Å². The van der Waals surface area contributed by atoms with E-state index in [4.69, 9.17) is 15.2 Å². The minimum Gasteiger partial charge on any atom is -0.462 e. The van der Waals surface area contributed by atoms with E-state index in [9.17, 15) is 25.2 Å². The van der Waals surface area contributed by atoms with Crippen LogP contribution in [0.4, 0.5) is 5.69 Å². The molecular formula is C21H26N2O7. The lowest BCUT2D eigenvalue weighted by Crippen LogP contribution is -2.60. The lowest BCUT2D eigenvalue weighted by atomic mass is 9.99. The number of hydrogen-bond donors (Lipinski definition) is 6. The topological polar surface area (TPSA) is 154 Å². The molecule has 1 amide bonds. The third kappa shape index (κ3) is 4.96. The van der Waals surface area contributed by atoms with E-state index in [1.807, 2.05) is 6.07 Å². The standard InChI is InChI=1S/C21H26N2O7/c22-9-8-13-10-14(29-21-19(27)18(26)17(25)16(11-24)30-21)6-7-15(13)23-20(28)12-4-2-1-3-5-12/h1-7,10,16-19,21,24-27H,8-9,11,22H2,(H,23,28). The van der Waals surface area contributed by atoms with E-state index in [0.717, 1.165) is 0 Å². The van der Waals surface area contributed by atoms with E-state index in [1.165, 1.54) is 0 Å². The molecular weight excluding hydrogens is 392 g/mol. The average molecular weight is 418 g/mol. The van der Waals surface area contributed by atoms with Gasteiger partial charge in [0.1, 0.15) is 30.2 Å². The molecule has 1 fully saturated rings. The van der Waals surface area contributed by atoms with E-state index >= 15 is 0 Å². The van der Waals surface area contributed by atoms with Gasteiger partial charge in [0.15, 0.2) is 0 Å². The molecule has 5 unspecified atom stereocenters. The Bertz CT molecular complexity index is 847. The van der Waals surface area contributed by atoms with Crippen LogP contribution in [0.3, 0.4) is 0 Å². The van der Waals surface area contributed by atoms with Gasteiger partial charge in [0.25, 0.3) is 5.91 Å². The summed E-state index contributed by atoms with van der Waals surface area (Å²) in [5.41, 5.74) is 7.48. The molecule has 1 aliphatic rings. The number of aliphatic hydroxyl groups excluding tert-OH is 4. The Balaban J connectivity index is 1.77. The van der Waals surface area contributed by atoms with Crippen LogP contribution in [0.5, 0.6) is 5.75 Å². The quantitative estimate of drug-likeness (QED) is 0.356. The second kappa shape index (κ2) is 9.98. The van der Waals surface area contributed by atoms with Crippen LogP contribution in [0.1, 0.15) is 15.9 Å². The summed E-state index contributed by atoms with van der Waals surface area (Å²) >= 11 is 0. The Morgan fingerprint density at radius 2 is 1.80 bits per heavy atom. The van der Waals surface area contributed by atoms with Crippen molar-refractivity contribution in [2.75, 3.05) is 18.5 Å². The van der Waals surface area contributed by atoms with Crippen molar-refractivity contribution in [3.8, 4) is 5.75 Å². The summed E-state index contributed by atoms with van der Waals surface area (Å²) < 4.78 is 11.0. The number of benzene rings is 2. The maximum atomic E-state index is 12.4. The summed E-state index contributed by atoms with van der Waals surface area (Å²) in [6, 6.07) is 13.6. The molecule has 3 rings (SSSR count). The minimum absolute atomic E-state index is 0.267. The molecule has 1 heterocycles. The van der Waals surface area contributed by atoms with Gasteiger partial charge >= 0.3 is 0 Å². The zero-order valence-electron chi connectivity index (χ0n) is 16.2. The fourth-order valence-electron chi connectivity index (χ4n) is 3.21. The highest BCUT2D eigenvalue weighted by Gasteiger charge is 2.44. The van der Waals surface area contributed by atoms with E-state index in [2.05, 4.69) is 5.32 Å². The van der Waals surface area contributed by atoms with E-state index < -0.39 is 37.3 Å². The number of ether oxygens (including phenoxy) is 2. The van der Waals surface area contributed by atoms with Gasteiger partial charge in [-0.2, -0.15) is 0 Å². The van der Waals surface area contributed by atoms with Crippen molar-refractivity contribution in [2.45, 2.75) is 37.1 Å². The van der Waals surface area contributed by atoms with Crippen LogP contribution in [0.15, 0.2) is 48.5 Å². The molecule has 2 aromatic rings. The first-order valence-electron chi connectivity index (χ1n) is 9.61. The van der Waals surface area contributed by atoms with Crippen LogP contribution in [-0.4, -0.2) is 70.2 Å². The predicted octanol–water partition coefficient (Wildman–Crippen LogP) is -0.381. The number of nitrogens with two attached hydrogens (primary N) is 1. The minimum atomic E-state index is -1.53. The summed E-state index contributed by atoms with van der Waals surface area (Å²) in [7, 11) is 0. The lowest BCUT2D eigenvalue weighted by Gasteiger charge is -2.39. The van der Waals surface area contributed by atoms with Crippen LogP contribution >= 0.6 is 0 Å². The molecule has 0 aromatic heterocycles. The first-order chi connectivity index (χ1) is 14.4. The van der Waals surface area contributed by atoms with Gasteiger partial charge in [-0.3, -0.25) is 4.79 Å². The summed E-state index contributed by atoms with van der Waals surface area (Å²) in [6.07, 6.45) is -6.42. The Hall–Kier alpha value is -2.53. The number of amides is 1. The van der Waals surface area contributed by atoms with Gasteiger partial charge in [0, 0.05) is 11.3 Å². The monoisotopic (exact) mass is 418 g/mol. The molecule has 0 aliphatic carbocycles. The number of carbonyl (C=O) groups excluding carboxylic acids is 1. The zero-order valence-corrected chi connectivity index (χ0v) is 16.2. The number of carbonyl (C=O) groups is 1. The Morgan fingerprint density at radius 1 is 1.07 bits per heavy atom.